The Morgan fingerprint density at radius 2 is 1.77 bits per heavy atom. The predicted octanol–water partition coefficient (Wildman–Crippen LogP) is 3.90. The standard InChI is InChI=1S/C22H16ClN3O5/c23-10-1-3-14(17(7-10)26(29)30)18-6-2-11(31-18)9-24-25-21(27)19-12-4-5-13(16-8-15(12)16)20(19)22(25)28/h1-7,9,12-13,15-16,19-20H,8H2/b24-9-/t12-,13-,15-,16+,19+,20+/m1/s1. The second-order valence-electron chi connectivity index (χ2n) is 8.51. The van der Waals surface area contributed by atoms with Crippen LogP contribution in [0, 0.1) is 45.6 Å². The molecule has 0 radical (unpaired) electrons. The first-order valence-corrected chi connectivity index (χ1v) is 10.5. The minimum atomic E-state index is -0.534. The number of hydrogen-bond donors (Lipinski definition) is 0. The Balaban J connectivity index is 1.26. The van der Waals surface area contributed by atoms with Crippen molar-refractivity contribution in [2.45, 2.75) is 6.42 Å². The van der Waals surface area contributed by atoms with E-state index in [4.69, 9.17) is 16.0 Å². The molecule has 2 saturated carbocycles. The van der Waals surface area contributed by atoms with Crippen LogP contribution in [-0.2, 0) is 9.59 Å². The second-order valence-corrected chi connectivity index (χ2v) is 8.94. The molecule has 4 aliphatic carbocycles. The summed E-state index contributed by atoms with van der Waals surface area (Å²) in [6, 6.07) is 7.45. The zero-order valence-electron chi connectivity index (χ0n) is 16.1. The van der Waals surface area contributed by atoms with Crippen LogP contribution in [0.1, 0.15) is 12.2 Å². The summed E-state index contributed by atoms with van der Waals surface area (Å²) in [6.45, 7) is 0. The Labute approximate surface area is 181 Å². The maximum absolute atomic E-state index is 12.9. The molecule has 31 heavy (non-hydrogen) atoms. The Bertz CT molecular complexity index is 1180. The quantitative estimate of drug-likeness (QED) is 0.237. The van der Waals surface area contributed by atoms with Crippen molar-refractivity contribution in [1.29, 1.82) is 0 Å². The Hall–Kier alpha value is -3.26. The van der Waals surface area contributed by atoms with E-state index >= 15 is 0 Å². The Kier molecular flexibility index (Phi) is 3.80. The fraction of sp³-hybridized carbons (Fsp3) is 0.318. The zero-order chi connectivity index (χ0) is 21.4. The van der Waals surface area contributed by atoms with E-state index in [-0.39, 0.29) is 63.3 Å². The van der Waals surface area contributed by atoms with Crippen molar-refractivity contribution >= 4 is 35.3 Å². The van der Waals surface area contributed by atoms with Gasteiger partial charge in [0.15, 0.2) is 0 Å². The van der Waals surface area contributed by atoms with Crippen molar-refractivity contribution in [1.82, 2.24) is 5.01 Å². The van der Waals surface area contributed by atoms with Gasteiger partial charge in [0.25, 0.3) is 17.5 Å². The van der Waals surface area contributed by atoms with Crippen molar-refractivity contribution in [3.63, 3.8) is 0 Å². The van der Waals surface area contributed by atoms with E-state index in [2.05, 4.69) is 17.3 Å². The van der Waals surface area contributed by atoms with Crippen LogP contribution in [-0.4, -0.2) is 28.0 Å². The van der Waals surface area contributed by atoms with Crippen molar-refractivity contribution in [3.8, 4) is 11.3 Å². The van der Waals surface area contributed by atoms with E-state index in [1.165, 1.54) is 24.4 Å². The van der Waals surface area contributed by atoms with Gasteiger partial charge in [-0.1, -0.05) is 23.8 Å². The van der Waals surface area contributed by atoms with E-state index in [9.17, 15) is 19.7 Å². The molecule has 1 aliphatic heterocycles. The summed E-state index contributed by atoms with van der Waals surface area (Å²) in [5, 5.41) is 16.7. The summed E-state index contributed by atoms with van der Waals surface area (Å²) in [4.78, 5) is 36.7. The van der Waals surface area contributed by atoms with Gasteiger partial charge in [0.2, 0.25) is 0 Å². The molecule has 3 fully saturated rings. The summed E-state index contributed by atoms with van der Waals surface area (Å²) in [5.74, 6) is 0.736. The van der Waals surface area contributed by atoms with Gasteiger partial charge >= 0.3 is 0 Å². The fourth-order valence-corrected chi connectivity index (χ4v) is 5.77. The van der Waals surface area contributed by atoms with Crippen LogP contribution in [0.15, 0.2) is 52.0 Å². The monoisotopic (exact) mass is 437 g/mol. The van der Waals surface area contributed by atoms with Crippen LogP contribution in [0.25, 0.3) is 11.3 Å². The molecule has 2 heterocycles. The smallest absolute Gasteiger partial charge is 0.281 e. The van der Waals surface area contributed by atoms with Gasteiger partial charge in [-0.15, -0.1) is 0 Å². The molecule has 2 aromatic rings. The number of nitrogens with zero attached hydrogens (tertiary/aromatic N) is 3. The molecule has 1 aromatic heterocycles. The van der Waals surface area contributed by atoms with Gasteiger partial charge in [0.05, 0.1) is 28.5 Å². The van der Waals surface area contributed by atoms with E-state index in [0.717, 1.165) is 11.4 Å². The summed E-state index contributed by atoms with van der Waals surface area (Å²) < 4.78 is 5.67. The average Bonchev–Trinajstić information content (AvgIpc) is 3.39. The number of imide groups is 1. The lowest BCUT2D eigenvalue weighted by Gasteiger charge is -2.37. The van der Waals surface area contributed by atoms with Gasteiger partial charge in [-0.25, -0.2) is 0 Å². The zero-order valence-corrected chi connectivity index (χ0v) is 16.8. The van der Waals surface area contributed by atoms with Crippen LogP contribution < -0.4 is 0 Å². The molecule has 7 rings (SSSR count). The minimum Gasteiger partial charge on any atom is -0.455 e. The molecule has 2 amide bonds. The van der Waals surface area contributed by atoms with Crippen molar-refractivity contribution in [3.05, 3.63) is 63.4 Å². The Morgan fingerprint density at radius 1 is 1.10 bits per heavy atom. The number of halogens is 1. The number of nitro benzene ring substituents is 1. The average molecular weight is 438 g/mol. The second kappa shape index (κ2) is 6.37. The van der Waals surface area contributed by atoms with Gasteiger partial charge in [-0.2, -0.15) is 10.1 Å². The number of amides is 2. The van der Waals surface area contributed by atoms with E-state index in [0.29, 0.717) is 11.8 Å². The van der Waals surface area contributed by atoms with Crippen LogP contribution >= 0.6 is 11.6 Å². The molecule has 0 spiro atoms. The van der Waals surface area contributed by atoms with Crippen molar-refractivity contribution in [2.75, 3.05) is 0 Å². The molecule has 9 heteroatoms. The molecule has 5 aliphatic rings. The number of furan rings is 1. The molecule has 2 bridgehead atoms. The maximum Gasteiger partial charge on any atom is 0.281 e. The number of rotatable bonds is 4. The van der Waals surface area contributed by atoms with Gasteiger partial charge in [-0.05, 0) is 54.4 Å². The highest BCUT2D eigenvalue weighted by Gasteiger charge is 2.67. The molecule has 0 N–H and O–H groups in total. The highest BCUT2D eigenvalue weighted by Crippen LogP contribution is 2.65. The van der Waals surface area contributed by atoms with Gasteiger partial charge < -0.3 is 4.42 Å². The first-order chi connectivity index (χ1) is 14.9. The lowest BCUT2D eigenvalue weighted by Crippen LogP contribution is -2.40. The number of hydrazone groups is 1. The van der Waals surface area contributed by atoms with Crippen LogP contribution in [0.3, 0.4) is 0 Å². The topological polar surface area (TPSA) is 106 Å². The predicted molar refractivity (Wildman–Crippen MR) is 110 cm³/mol. The molecule has 8 nitrogen and oxygen atoms in total. The lowest BCUT2D eigenvalue weighted by molar-refractivity contribution is -0.384. The van der Waals surface area contributed by atoms with Crippen LogP contribution in [0.4, 0.5) is 5.69 Å². The molecule has 0 unspecified atom stereocenters. The summed E-state index contributed by atoms with van der Waals surface area (Å²) in [5.41, 5.74) is 0.0936. The minimum absolute atomic E-state index is 0.136. The van der Waals surface area contributed by atoms with E-state index in [1.807, 2.05) is 0 Å². The van der Waals surface area contributed by atoms with Gasteiger partial charge in [-0.3, -0.25) is 19.7 Å². The maximum atomic E-state index is 12.9. The van der Waals surface area contributed by atoms with Gasteiger partial charge in [0, 0.05) is 11.1 Å². The van der Waals surface area contributed by atoms with Crippen LogP contribution in [0.5, 0.6) is 0 Å². The number of carbonyl (C=O) groups is 2. The summed E-state index contributed by atoms with van der Waals surface area (Å²) >= 11 is 5.86. The fourth-order valence-electron chi connectivity index (χ4n) is 5.60. The SMILES string of the molecule is O=C1[C@H]2[C@@H]3C=C[C@H]([C@@H]4C[C@H]34)[C@@H]2C(=O)N1/N=C\c1ccc(-c2ccc(Cl)cc2[N+](=O)[O-])o1. The molecule has 6 atom stereocenters. The van der Waals surface area contributed by atoms with Crippen molar-refractivity contribution in [2.24, 2.45) is 40.6 Å². The number of hydrogen-bond acceptors (Lipinski definition) is 6. The first-order valence-electron chi connectivity index (χ1n) is 10.1. The largest absolute Gasteiger partial charge is 0.455 e. The number of benzene rings is 1. The number of allylic oxidation sites excluding steroid dienone is 2. The molecule has 156 valence electrons. The van der Waals surface area contributed by atoms with Gasteiger partial charge in [0.1, 0.15) is 11.5 Å². The highest BCUT2D eigenvalue weighted by molar-refractivity contribution is 6.30. The number of nitro groups is 1. The molecular formula is C22H16ClN3O5. The summed E-state index contributed by atoms with van der Waals surface area (Å²) in [7, 11) is 0. The lowest BCUT2D eigenvalue weighted by atomic mass is 9.63. The number of carbonyl (C=O) groups excluding carboxylic acids is 2. The van der Waals surface area contributed by atoms with E-state index < -0.39 is 4.92 Å². The van der Waals surface area contributed by atoms with Crippen LogP contribution in [0.2, 0.25) is 5.02 Å². The third-order valence-electron chi connectivity index (χ3n) is 6.99. The van der Waals surface area contributed by atoms with E-state index in [1.54, 1.807) is 12.1 Å². The molecule has 1 saturated heterocycles. The first kappa shape index (κ1) is 18.5. The molecular weight excluding hydrogens is 422 g/mol. The Morgan fingerprint density at radius 3 is 2.42 bits per heavy atom. The summed E-state index contributed by atoms with van der Waals surface area (Å²) in [6.07, 6.45) is 6.62. The van der Waals surface area contributed by atoms with Crippen molar-refractivity contribution < 1.29 is 18.9 Å². The molecule has 1 aromatic carbocycles. The normalized spacial score (nSPS) is 32.6. The third kappa shape index (κ3) is 2.64. The third-order valence-corrected chi connectivity index (χ3v) is 7.22. The highest BCUT2D eigenvalue weighted by atomic mass is 35.5.